The Balaban J connectivity index is 2.09. The van der Waals surface area contributed by atoms with E-state index in [2.05, 4.69) is 23.5 Å². The summed E-state index contributed by atoms with van der Waals surface area (Å²) in [6.45, 7) is 0. The molecule has 2 rings (SSSR count). The van der Waals surface area contributed by atoms with Crippen molar-refractivity contribution in [1.29, 1.82) is 0 Å². The van der Waals surface area contributed by atoms with Gasteiger partial charge in [-0.25, -0.2) is 0 Å². The minimum atomic E-state index is 0.158. The van der Waals surface area contributed by atoms with Gasteiger partial charge in [-0.1, -0.05) is 30.0 Å². The lowest BCUT2D eigenvalue weighted by molar-refractivity contribution is 0.145. The molecular weight excluding hydrogens is 158 g/mol. The molecule has 0 radical (unpaired) electrons. The molecule has 60 valence electrons. The van der Waals surface area contributed by atoms with Crippen molar-refractivity contribution in [3.63, 3.8) is 0 Å². The van der Waals surface area contributed by atoms with E-state index >= 15 is 0 Å². The summed E-state index contributed by atoms with van der Waals surface area (Å²) in [7, 11) is 1.73. The van der Waals surface area contributed by atoms with Crippen LogP contribution in [0, 0.1) is 0 Å². The first-order valence-electron chi connectivity index (χ1n) is 3.72. The van der Waals surface area contributed by atoms with Gasteiger partial charge in [0.15, 0.2) is 5.56 Å². The number of rotatable bonds is 1. The highest BCUT2D eigenvalue weighted by Crippen LogP contribution is 2.34. The number of fused-ring (bicyclic) bond motifs is 1. The molecule has 0 spiro atoms. The number of ether oxygens (including phenoxy) is 1. The lowest BCUT2D eigenvalue weighted by atomic mass is 10.1. The number of nitrogens with one attached hydrogen (secondary N) is 1. The summed E-state index contributed by atoms with van der Waals surface area (Å²) in [5, 5.41) is 3.36. The van der Waals surface area contributed by atoms with E-state index in [9.17, 15) is 0 Å². The Bertz CT molecular complexity index is 212. The van der Waals surface area contributed by atoms with Crippen molar-refractivity contribution < 1.29 is 4.74 Å². The summed E-state index contributed by atoms with van der Waals surface area (Å²) in [5.74, 6) is 0. The van der Waals surface area contributed by atoms with Crippen LogP contribution in [0.5, 0.6) is 0 Å². The predicted molar refractivity (Wildman–Crippen MR) is 47.2 cm³/mol. The lowest BCUT2D eigenvalue weighted by Crippen LogP contribution is -2.30. The summed E-state index contributed by atoms with van der Waals surface area (Å²) in [4.78, 5) is 1.40. The highest BCUT2D eigenvalue weighted by molar-refractivity contribution is 8.03. The Morgan fingerprint density at radius 3 is 3.36 bits per heavy atom. The monoisotopic (exact) mass is 169 g/mol. The maximum Gasteiger partial charge on any atom is 0.160 e. The zero-order valence-corrected chi connectivity index (χ0v) is 7.23. The molecule has 0 aromatic rings. The van der Waals surface area contributed by atoms with Crippen molar-refractivity contribution in [2.75, 3.05) is 7.11 Å². The Morgan fingerprint density at radius 2 is 2.64 bits per heavy atom. The fourth-order valence-electron chi connectivity index (χ4n) is 1.32. The van der Waals surface area contributed by atoms with Gasteiger partial charge in [0.05, 0.1) is 0 Å². The van der Waals surface area contributed by atoms with Gasteiger partial charge >= 0.3 is 0 Å². The zero-order valence-electron chi connectivity index (χ0n) is 6.41. The first kappa shape index (κ1) is 7.40. The number of hydrogen-bond acceptors (Lipinski definition) is 3. The molecule has 11 heavy (non-hydrogen) atoms. The van der Waals surface area contributed by atoms with Crippen molar-refractivity contribution in [2.24, 2.45) is 0 Å². The molecule has 2 aliphatic rings. The fraction of sp³-hybridized carbons (Fsp3) is 0.500. The Hall–Kier alpha value is -0.250. The summed E-state index contributed by atoms with van der Waals surface area (Å²) in [5.41, 5.74) is 0.158. The van der Waals surface area contributed by atoms with Crippen LogP contribution in [0.4, 0.5) is 0 Å². The first-order chi connectivity index (χ1) is 5.40. The first-order valence-corrected chi connectivity index (χ1v) is 4.60. The molecule has 3 heteroatoms. The normalized spacial score (nSPS) is 35.2. The van der Waals surface area contributed by atoms with Crippen LogP contribution < -0.4 is 5.32 Å². The van der Waals surface area contributed by atoms with Crippen LogP contribution >= 0.6 is 11.8 Å². The number of allylic oxidation sites excluding steroid dienone is 2. The standard InChI is InChI=1S/C8H11NOS/c1-10-8-9-6-4-2-3-5-7(6)11-8/h2-3,5-6,8-9H,4H2,1H3. The largest absolute Gasteiger partial charge is 0.357 e. The quantitative estimate of drug-likeness (QED) is 0.642. The van der Waals surface area contributed by atoms with Crippen LogP contribution in [-0.2, 0) is 4.74 Å². The molecule has 1 heterocycles. The van der Waals surface area contributed by atoms with E-state index in [4.69, 9.17) is 4.74 Å². The van der Waals surface area contributed by atoms with Crippen LogP contribution in [-0.4, -0.2) is 18.7 Å². The predicted octanol–water partition coefficient (Wildman–Crippen LogP) is 1.47. The number of thioether (sulfide) groups is 1. The second kappa shape index (κ2) is 3.01. The van der Waals surface area contributed by atoms with Gasteiger partial charge in [-0.15, -0.1) is 0 Å². The minimum absolute atomic E-state index is 0.158. The minimum Gasteiger partial charge on any atom is -0.357 e. The van der Waals surface area contributed by atoms with E-state index in [0.29, 0.717) is 6.04 Å². The van der Waals surface area contributed by atoms with Gasteiger partial charge in [0.2, 0.25) is 0 Å². The zero-order chi connectivity index (χ0) is 7.68. The van der Waals surface area contributed by atoms with Gasteiger partial charge in [0.1, 0.15) is 0 Å². The average Bonchev–Trinajstić information content (AvgIpc) is 2.46. The summed E-state index contributed by atoms with van der Waals surface area (Å²) in [6.07, 6.45) is 7.54. The smallest absolute Gasteiger partial charge is 0.160 e. The van der Waals surface area contributed by atoms with Crippen LogP contribution in [0.15, 0.2) is 23.1 Å². The molecule has 0 amide bonds. The number of hydrogen-bond donors (Lipinski definition) is 1. The van der Waals surface area contributed by atoms with Gasteiger partial charge in [0, 0.05) is 18.1 Å². The van der Waals surface area contributed by atoms with Gasteiger partial charge in [-0.3, -0.25) is 5.32 Å². The molecular formula is C8H11NOS. The number of methoxy groups -OCH3 is 1. The van der Waals surface area contributed by atoms with Gasteiger partial charge in [-0.05, 0) is 6.42 Å². The molecule has 0 aromatic heterocycles. The lowest BCUT2D eigenvalue weighted by Gasteiger charge is -2.11. The summed E-state index contributed by atoms with van der Waals surface area (Å²) < 4.78 is 5.19. The van der Waals surface area contributed by atoms with Crippen LogP contribution in [0.1, 0.15) is 6.42 Å². The van der Waals surface area contributed by atoms with Gasteiger partial charge in [-0.2, -0.15) is 0 Å². The summed E-state index contributed by atoms with van der Waals surface area (Å²) >= 11 is 1.77. The van der Waals surface area contributed by atoms with Crippen molar-refractivity contribution >= 4 is 11.8 Å². The van der Waals surface area contributed by atoms with E-state index in [1.807, 2.05) is 0 Å². The molecule has 2 nitrogen and oxygen atoms in total. The molecule has 1 aliphatic carbocycles. The molecule has 2 unspecified atom stereocenters. The molecule has 1 aliphatic heterocycles. The van der Waals surface area contributed by atoms with Crippen molar-refractivity contribution in [1.82, 2.24) is 5.32 Å². The molecule has 1 fully saturated rings. The fourth-order valence-corrected chi connectivity index (χ4v) is 2.38. The van der Waals surface area contributed by atoms with Crippen molar-refractivity contribution in [2.45, 2.75) is 18.0 Å². The van der Waals surface area contributed by atoms with Crippen molar-refractivity contribution in [3.05, 3.63) is 23.1 Å². The van der Waals surface area contributed by atoms with Crippen molar-refractivity contribution in [3.8, 4) is 0 Å². The Morgan fingerprint density at radius 1 is 1.73 bits per heavy atom. The maximum atomic E-state index is 5.19. The molecule has 1 N–H and O–H groups in total. The third-order valence-corrected chi connectivity index (χ3v) is 3.14. The SMILES string of the molecule is COC1NC2CC=CC=C2S1. The van der Waals surface area contributed by atoms with E-state index in [-0.39, 0.29) is 5.56 Å². The van der Waals surface area contributed by atoms with Gasteiger partial charge < -0.3 is 4.74 Å². The van der Waals surface area contributed by atoms with Gasteiger partial charge in [0.25, 0.3) is 0 Å². The maximum absolute atomic E-state index is 5.19. The molecule has 0 saturated carbocycles. The molecule has 0 aromatic carbocycles. The van der Waals surface area contributed by atoms with E-state index in [1.54, 1.807) is 18.9 Å². The van der Waals surface area contributed by atoms with Crippen LogP contribution in [0.2, 0.25) is 0 Å². The third-order valence-electron chi connectivity index (χ3n) is 1.91. The molecule has 1 saturated heterocycles. The van der Waals surface area contributed by atoms with Crippen LogP contribution in [0.25, 0.3) is 0 Å². The molecule has 0 bridgehead atoms. The average molecular weight is 169 g/mol. The Kier molecular flexibility index (Phi) is 2.02. The van der Waals surface area contributed by atoms with Crippen LogP contribution in [0.3, 0.4) is 0 Å². The topological polar surface area (TPSA) is 21.3 Å². The van der Waals surface area contributed by atoms with E-state index in [1.165, 1.54) is 4.91 Å². The third kappa shape index (κ3) is 1.36. The highest BCUT2D eigenvalue weighted by Gasteiger charge is 2.28. The molecule has 2 atom stereocenters. The van der Waals surface area contributed by atoms with E-state index < -0.39 is 0 Å². The Labute approximate surface area is 70.7 Å². The van der Waals surface area contributed by atoms with E-state index in [0.717, 1.165) is 6.42 Å². The highest BCUT2D eigenvalue weighted by atomic mass is 32.2. The second-order valence-corrected chi connectivity index (χ2v) is 3.77. The summed E-state index contributed by atoms with van der Waals surface area (Å²) in [6, 6.07) is 0.509. The second-order valence-electron chi connectivity index (χ2n) is 2.64.